The van der Waals surface area contributed by atoms with Gasteiger partial charge in [0.2, 0.25) is 0 Å². The molecule has 1 fully saturated rings. The SMILES string of the molecule is Cl.NCc1ccc(-c2ccc(C(=O)N3CCC(CC(=O)O)CC3)cc2)cc1. The van der Waals surface area contributed by atoms with Crippen molar-refractivity contribution in [3.63, 3.8) is 0 Å². The van der Waals surface area contributed by atoms with Gasteiger partial charge in [-0.05, 0) is 47.6 Å². The topological polar surface area (TPSA) is 83.6 Å². The Labute approximate surface area is 165 Å². The summed E-state index contributed by atoms with van der Waals surface area (Å²) >= 11 is 0. The fourth-order valence-electron chi connectivity index (χ4n) is 3.41. The first-order chi connectivity index (χ1) is 12.6. The van der Waals surface area contributed by atoms with Crippen molar-refractivity contribution in [2.24, 2.45) is 11.7 Å². The molecule has 1 amide bonds. The number of piperidine rings is 1. The number of hydrogen-bond acceptors (Lipinski definition) is 3. The molecular weight excluding hydrogens is 364 g/mol. The molecule has 2 aromatic carbocycles. The molecular formula is C21H25ClN2O3. The van der Waals surface area contributed by atoms with Gasteiger partial charge in [-0.1, -0.05) is 36.4 Å². The molecule has 0 aliphatic carbocycles. The van der Waals surface area contributed by atoms with Crippen LogP contribution in [-0.4, -0.2) is 35.0 Å². The second-order valence-electron chi connectivity index (χ2n) is 6.81. The van der Waals surface area contributed by atoms with Gasteiger partial charge in [0.25, 0.3) is 5.91 Å². The summed E-state index contributed by atoms with van der Waals surface area (Å²) in [6.45, 7) is 1.77. The van der Waals surface area contributed by atoms with Gasteiger partial charge in [-0.3, -0.25) is 9.59 Å². The average molecular weight is 389 g/mol. The normalized spacial score (nSPS) is 14.5. The minimum absolute atomic E-state index is 0. The Morgan fingerprint density at radius 2 is 1.48 bits per heavy atom. The highest BCUT2D eigenvalue weighted by atomic mass is 35.5. The number of carboxylic acid groups (broad SMARTS) is 1. The molecule has 5 nitrogen and oxygen atoms in total. The Bertz CT molecular complexity index is 767. The number of hydrogen-bond donors (Lipinski definition) is 2. The minimum atomic E-state index is -0.759. The minimum Gasteiger partial charge on any atom is -0.481 e. The number of nitrogens with zero attached hydrogens (tertiary/aromatic N) is 1. The third-order valence-corrected chi connectivity index (χ3v) is 5.02. The molecule has 1 aliphatic heterocycles. The van der Waals surface area contributed by atoms with Gasteiger partial charge in [0.1, 0.15) is 0 Å². The van der Waals surface area contributed by atoms with Gasteiger partial charge in [0, 0.05) is 31.6 Å². The summed E-state index contributed by atoms with van der Waals surface area (Å²) in [5.41, 5.74) is 9.54. The largest absolute Gasteiger partial charge is 0.481 e. The van der Waals surface area contributed by atoms with E-state index in [9.17, 15) is 9.59 Å². The van der Waals surface area contributed by atoms with Crippen LogP contribution in [0.4, 0.5) is 0 Å². The first-order valence-corrected chi connectivity index (χ1v) is 8.97. The molecule has 6 heteroatoms. The van der Waals surface area contributed by atoms with Crippen LogP contribution in [0.3, 0.4) is 0 Å². The number of aliphatic carboxylic acids is 1. The number of nitrogens with two attached hydrogens (primary N) is 1. The van der Waals surface area contributed by atoms with Crippen LogP contribution >= 0.6 is 12.4 Å². The molecule has 0 radical (unpaired) electrons. The van der Waals surface area contributed by atoms with Crippen molar-refractivity contribution in [3.8, 4) is 11.1 Å². The zero-order valence-electron chi connectivity index (χ0n) is 15.1. The summed E-state index contributed by atoms with van der Waals surface area (Å²) in [6.07, 6.45) is 1.70. The van der Waals surface area contributed by atoms with E-state index in [1.165, 1.54) is 0 Å². The predicted octanol–water partition coefficient (Wildman–Crippen LogP) is 3.56. The maximum Gasteiger partial charge on any atom is 0.303 e. The van der Waals surface area contributed by atoms with Crippen LogP contribution in [0.25, 0.3) is 11.1 Å². The summed E-state index contributed by atoms with van der Waals surface area (Å²) in [5.74, 6) is -0.566. The molecule has 1 aliphatic rings. The Hall–Kier alpha value is -2.37. The lowest BCUT2D eigenvalue weighted by Gasteiger charge is -2.31. The van der Waals surface area contributed by atoms with Gasteiger partial charge in [0.05, 0.1) is 0 Å². The first kappa shape index (κ1) is 20.9. The van der Waals surface area contributed by atoms with E-state index in [0.717, 1.165) is 29.5 Å². The number of benzene rings is 2. The molecule has 0 spiro atoms. The molecule has 3 rings (SSSR count). The molecule has 1 saturated heterocycles. The molecule has 3 N–H and O–H groups in total. The number of carbonyl (C=O) groups excluding carboxylic acids is 1. The van der Waals surface area contributed by atoms with E-state index in [2.05, 4.69) is 0 Å². The third kappa shape index (κ3) is 5.31. The van der Waals surface area contributed by atoms with Gasteiger partial charge in [-0.15, -0.1) is 12.4 Å². The van der Waals surface area contributed by atoms with Crippen LogP contribution in [0.15, 0.2) is 48.5 Å². The average Bonchev–Trinajstić information content (AvgIpc) is 2.68. The zero-order chi connectivity index (χ0) is 18.5. The van der Waals surface area contributed by atoms with Gasteiger partial charge in [0.15, 0.2) is 0 Å². The molecule has 0 saturated carbocycles. The maximum atomic E-state index is 12.7. The highest BCUT2D eigenvalue weighted by molar-refractivity contribution is 5.94. The number of rotatable bonds is 5. The summed E-state index contributed by atoms with van der Waals surface area (Å²) in [7, 11) is 0. The summed E-state index contributed by atoms with van der Waals surface area (Å²) < 4.78 is 0. The van der Waals surface area contributed by atoms with Crippen LogP contribution in [-0.2, 0) is 11.3 Å². The lowest BCUT2D eigenvalue weighted by Crippen LogP contribution is -2.38. The second kappa shape index (κ2) is 9.53. The quantitative estimate of drug-likeness (QED) is 0.820. The smallest absolute Gasteiger partial charge is 0.303 e. The van der Waals surface area contributed by atoms with E-state index < -0.39 is 5.97 Å². The van der Waals surface area contributed by atoms with Crippen LogP contribution < -0.4 is 5.73 Å². The molecule has 27 heavy (non-hydrogen) atoms. The predicted molar refractivity (Wildman–Crippen MR) is 108 cm³/mol. The van der Waals surface area contributed by atoms with Gasteiger partial charge < -0.3 is 15.7 Å². The Kier molecular flexibility index (Phi) is 7.39. The number of carbonyl (C=O) groups is 2. The van der Waals surface area contributed by atoms with Crippen molar-refractivity contribution < 1.29 is 14.7 Å². The highest BCUT2D eigenvalue weighted by Crippen LogP contribution is 2.24. The second-order valence-corrected chi connectivity index (χ2v) is 6.81. The summed E-state index contributed by atoms with van der Waals surface area (Å²) in [6, 6.07) is 15.7. The van der Waals surface area contributed by atoms with Crippen molar-refractivity contribution in [3.05, 3.63) is 59.7 Å². The lowest BCUT2D eigenvalue weighted by molar-refractivity contribution is -0.138. The van der Waals surface area contributed by atoms with Crippen LogP contribution in [0.1, 0.15) is 35.2 Å². The molecule has 0 unspecified atom stereocenters. The van der Waals surface area contributed by atoms with Gasteiger partial charge >= 0.3 is 5.97 Å². The van der Waals surface area contributed by atoms with E-state index in [-0.39, 0.29) is 30.7 Å². The van der Waals surface area contributed by atoms with Crippen LogP contribution in [0, 0.1) is 5.92 Å². The fourth-order valence-corrected chi connectivity index (χ4v) is 3.41. The Balaban J connectivity index is 0.00000261. The lowest BCUT2D eigenvalue weighted by atomic mass is 9.93. The highest BCUT2D eigenvalue weighted by Gasteiger charge is 2.24. The summed E-state index contributed by atoms with van der Waals surface area (Å²) in [4.78, 5) is 25.3. The molecule has 1 heterocycles. The van der Waals surface area contributed by atoms with Crippen molar-refractivity contribution in [2.75, 3.05) is 13.1 Å². The van der Waals surface area contributed by atoms with E-state index in [1.807, 2.05) is 53.4 Å². The van der Waals surface area contributed by atoms with Gasteiger partial charge in [-0.2, -0.15) is 0 Å². The van der Waals surface area contributed by atoms with Crippen molar-refractivity contribution in [1.82, 2.24) is 4.90 Å². The van der Waals surface area contributed by atoms with E-state index in [4.69, 9.17) is 10.8 Å². The number of likely N-dealkylation sites (tertiary alicyclic amines) is 1. The van der Waals surface area contributed by atoms with Gasteiger partial charge in [-0.25, -0.2) is 0 Å². The number of halogens is 1. The number of carboxylic acids is 1. The maximum absolute atomic E-state index is 12.7. The zero-order valence-corrected chi connectivity index (χ0v) is 16.0. The molecule has 144 valence electrons. The number of amides is 1. The molecule has 2 aromatic rings. The first-order valence-electron chi connectivity index (χ1n) is 8.97. The molecule has 0 bridgehead atoms. The van der Waals surface area contributed by atoms with E-state index >= 15 is 0 Å². The van der Waals surface area contributed by atoms with Crippen LogP contribution in [0.5, 0.6) is 0 Å². The van der Waals surface area contributed by atoms with Crippen molar-refractivity contribution in [1.29, 1.82) is 0 Å². The Morgan fingerprint density at radius 1 is 0.963 bits per heavy atom. The summed E-state index contributed by atoms with van der Waals surface area (Å²) in [5, 5.41) is 8.88. The van der Waals surface area contributed by atoms with Crippen molar-refractivity contribution in [2.45, 2.75) is 25.8 Å². The molecule has 0 aromatic heterocycles. The van der Waals surface area contributed by atoms with E-state index in [0.29, 0.717) is 25.2 Å². The Morgan fingerprint density at radius 3 is 1.96 bits per heavy atom. The standard InChI is InChI=1S/C21H24N2O3.ClH/c22-14-16-1-3-17(4-2-16)18-5-7-19(8-6-18)21(26)23-11-9-15(10-12-23)13-20(24)25;/h1-8,15H,9-14,22H2,(H,24,25);1H. The molecule has 0 atom stereocenters. The monoisotopic (exact) mass is 388 g/mol. The third-order valence-electron chi connectivity index (χ3n) is 5.02. The van der Waals surface area contributed by atoms with Crippen molar-refractivity contribution >= 4 is 24.3 Å². The van der Waals surface area contributed by atoms with E-state index in [1.54, 1.807) is 0 Å². The van der Waals surface area contributed by atoms with Crippen LogP contribution in [0.2, 0.25) is 0 Å². The fraction of sp³-hybridized carbons (Fsp3) is 0.333.